The van der Waals surface area contributed by atoms with Crippen molar-refractivity contribution < 1.29 is 19.0 Å². The molecule has 1 saturated heterocycles. The molecule has 5 nitrogen and oxygen atoms in total. The van der Waals surface area contributed by atoms with E-state index in [2.05, 4.69) is 9.97 Å². The molecule has 0 radical (unpaired) electrons. The van der Waals surface area contributed by atoms with Crippen LogP contribution in [0.5, 0.6) is 0 Å². The van der Waals surface area contributed by atoms with Crippen LogP contribution in [0.2, 0.25) is 0 Å². The van der Waals surface area contributed by atoms with Crippen LogP contribution in [0.1, 0.15) is 34.9 Å². The highest BCUT2D eigenvalue weighted by Gasteiger charge is 2.20. The first-order valence-electron chi connectivity index (χ1n) is 6.15. The summed E-state index contributed by atoms with van der Waals surface area (Å²) in [6, 6.07) is 2.46. The second-order valence-corrected chi connectivity index (χ2v) is 4.66. The van der Waals surface area contributed by atoms with Crippen molar-refractivity contribution in [2.24, 2.45) is 0 Å². The third kappa shape index (κ3) is 2.19. The van der Waals surface area contributed by atoms with Gasteiger partial charge in [-0.25, -0.2) is 14.2 Å². The monoisotopic (exact) mass is 264 g/mol. The van der Waals surface area contributed by atoms with E-state index in [1.807, 2.05) is 0 Å². The lowest BCUT2D eigenvalue weighted by Crippen LogP contribution is -2.15. The Kier molecular flexibility index (Phi) is 2.94. The summed E-state index contributed by atoms with van der Waals surface area (Å²) in [5, 5.41) is 8.89. The summed E-state index contributed by atoms with van der Waals surface area (Å²) in [6.07, 6.45) is 1.74. The van der Waals surface area contributed by atoms with Crippen LogP contribution < -0.4 is 0 Å². The zero-order valence-corrected chi connectivity index (χ0v) is 10.1. The quantitative estimate of drug-likeness (QED) is 0.872. The predicted molar refractivity (Wildman–Crippen MR) is 65.8 cm³/mol. The van der Waals surface area contributed by atoms with Gasteiger partial charge in [0.25, 0.3) is 0 Å². The third-order valence-electron chi connectivity index (χ3n) is 3.43. The van der Waals surface area contributed by atoms with Crippen LogP contribution in [0.15, 0.2) is 12.1 Å². The Morgan fingerprint density at radius 1 is 1.42 bits per heavy atom. The van der Waals surface area contributed by atoms with E-state index in [0.29, 0.717) is 24.2 Å². The van der Waals surface area contributed by atoms with Gasteiger partial charge in [0.1, 0.15) is 11.6 Å². The van der Waals surface area contributed by atoms with Crippen molar-refractivity contribution in [2.45, 2.75) is 18.8 Å². The standard InChI is InChI=1S/C13H13FN2O3/c14-9-6-11-10(5-8(9)13(17)18)15-12(16-11)7-1-3-19-4-2-7/h5-7H,1-4H2,(H,15,16)(H,17,18). The van der Waals surface area contributed by atoms with Gasteiger partial charge in [0, 0.05) is 25.2 Å². The molecule has 1 aromatic carbocycles. The smallest absolute Gasteiger partial charge is 0.338 e. The normalized spacial score (nSPS) is 16.9. The molecule has 100 valence electrons. The topological polar surface area (TPSA) is 75.2 Å². The largest absolute Gasteiger partial charge is 0.478 e. The number of rotatable bonds is 2. The molecule has 0 aliphatic carbocycles. The van der Waals surface area contributed by atoms with Crippen molar-refractivity contribution >= 4 is 17.0 Å². The van der Waals surface area contributed by atoms with E-state index in [-0.39, 0.29) is 11.5 Å². The number of benzene rings is 1. The zero-order chi connectivity index (χ0) is 13.4. The molecule has 6 heteroatoms. The van der Waals surface area contributed by atoms with Gasteiger partial charge in [0.15, 0.2) is 0 Å². The number of hydrogen-bond donors (Lipinski definition) is 2. The van der Waals surface area contributed by atoms with Gasteiger partial charge in [-0.1, -0.05) is 0 Å². The van der Waals surface area contributed by atoms with Crippen LogP contribution in [0, 0.1) is 5.82 Å². The Labute approximate surface area is 108 Å². The fourth-order valence-electron chi connectivity index (χ4n) is 2.38. The van der Waals surface area contributed by atoms with E-state index in [9.17, 15) is 9.18 Å². The highest BCUT2D eigenvalue weighted by Crippen LogP contribution is 2.27. The third-order valence-corrected chi connectivity index (χ3v) is 3.43. The summed E-state index contributed by atoms with van der Waals surface area (Å²) in [4.78, 5) is 18.3. The Morgan fingerprint density at radius 3 is 2.84 bits per heavy atom. The van der Waals surface area contributed by atoms with E-state index in [4.69, 9.17) is 9.84 Å². The Hall–Kier alpha value is -1.95. The molecule has 3 rings (SSSR count). The highest BCUT2D eigenvalue weighted by atomic mass is 19.1. The number of aromatic amines is 1. The van der Waals surface area contributed by atoms with Crippen molar-refractivity contribution in [1.29, 1.82) is 0 Å². The van der Waals surface area contributed by atoms with Gasteiger partial charge in [-0.05, 0) is 18.9 Å². The summed E-state index contributed by atoms with van der Waals surface area (Å²) in [5.41, 5.74) is 0.668. The van der Waals surface area contributed by atoms with Gasteiger partial charge in [0.05, 0.1) is 16.6 Å². The average Bonchev–Trinajstić information content (AvgIpc) is 2.81. The molecule has 1 aliphatic heterocycles. The lowest BCUT2D eigenvalue weighted by Gasteiger charge is -2.19. The summed E-state index contributed by atoms with van der Waals surface area (Å²) in [6.45, 7) is 1.38. The molecule has 2 N–H and O–H groups in total. The summed E-state index contributed by atoms with van der Waals surface area (Å²) < 4.78 is 18.9. The van der Waals surface area contributed by atoms with Gasteiger partial charge in [-0.15, -0.1) is 0 Å². The number of ether oxygens (including phenoxy) is 1. The van der Waals surface area contributed by atoms with Gasteiger partial charge in [-0.2, -0.15) is 0 Å². The van der Waals surface area contributed by atoms with Crippen LogP contribution in [-0.4, -0.2) is 34.3 Å². The van der Waals surface area contributed by atoms with Gasteiger partial charge >= 0.3 is 5.97 Å². The van der Waals surface area contributed by atoms with Crippen LogP contribution in [0.25, 0.3) is 11.0 Å². The van der Waals surface area contributed by atoms with Crippen molar-refractivity contribution in [3.05, 3.63) is 29.3 Å². The maximum absolute atomic E-state index is 13.6. The molecule has 0 saturated carbocycles. The number of carbonyl (C=O) groups is 1. The predicted octanol–water partition coefficient (Wildman–Crippen LogP) is 2.29. The number of aromatic carboxylic acids is 1. The number of imidazole rings is 1. The van der Waals surface area contributed by atoms with Crippen LogP contribution >= 0.6 is 0 Å². The first-order chi connectivity index (χ1) is 9.15. The number of carboxylic acids is 1. The van der Waals surface area contributed by atoms with Crippen molar-refractivity contribution in [2.75, 3.05) is 13.2 Å². The Bertz CT molecular complexity index is 632. The van der Waals surface area contributed by atoms with E-state index >= 15 is 0 Å². The van der Waals surface area contributed by atoms with Gasteiger partial charge in [0.2, 0.25) is 0 Å². The molecule has 19 heavy (non-hydrogen) atoms. The summed E-state index contributed by atoms with van der Waals surface area (Å²) in [5.74, 6) is -0.991. The fraction of sp³-hybridized carbons (Fsp3) is 0.385. The SMILES string of the molecule is O=C(O)c1cc2nc(C3CCOCC3)[nH]c2cc1F. The summed E-state index contributed by atoms with van der Waals surface area (Å²) in [7, 11) is 0. The molecule has 0 amide bonds. The minimum absolute atomic E-state index is 0.262. The molecule has 0 bridgehead atoms. The number of H-pyrrole nitrogens is 1. The maximum atomic E-state index is 13.6. The van der Waals surface area contributed by atoms with Crippen LogP contribution in [0.3, 0.4) is 0 Å². The first-order valence-corrected chi connectivity index (χ1v) is 6.15. The second-order valence-electron chi connectivity index (χ2n) is 4.66. The molecular formula is C13H13FN2O3. The van der Waals surface area contributed by atoms with Crippen molar-refractivity contribution in [3.63, 3.8) is 0 Å². The highest BCUT2D eigenvalue weighted by molar-refractivity contribution is 5.92. The van der Waals surface area contributed by atoms with Crippen LogP contribution in [0.4, 0.5) is 4.39 Å². The Balaban J connectivity index is 2.02. The van der Waals surface area contributed by atoms with Gasteiger partial charge < -0.3 is 14.8 Å². The van der Waals surface area contributed by atoms with E-state index < -0.39 is 11.8 Å². The minimum Gasteiger partial charge on any atom is -0.478 e. The van der Waals surface area contributed by atoms with E-state index in [1.54, 1.807) is 0 Å². The molecule has 0 unspecified atom stereocenters. The molecule has 1 aromatic heterocycles. The zero-order valence-electron chi connectivity index (χ0n) is 10.1. The number of fused-ring (bicyclic) bond motifs is 1. The fourth-order valence-corrected chi connectivity index (χ4v) is 2.38. The number of aromatic nitrogens is 2. The molecule has 0 atom stereocenters. The number of carboxylic acid groups (broad SMARTS) is 1. The number of hydrogen-bond acceptors (Lipinski definition) is 3. The number of nitrogens with zero attached hydrogens (tertiary/aromatic N) is 1. The first kappa shape index (κ1) is 12.1. The van der Waals surface area contributed by atoms with Crippen LogP contribution in [-0.2, 0) is 4.74 Å². The van der Waals surface area contributed by atoms with Crippen molar-refractivity contribution in [1.82, 2.24) is 9.97 Å². The van der Waals surface area contributed by atoms with Gasteiger partial charge in [-0.3, -0.25) is 0 Å². The minimum atomic E-state index is -1.28. The molecule has 0 spiro atoms. The Morgan fingerprint density at radius 2 is 2.16 bits per heavy atom. The number of nitrogens with one attached hydrogen (secondary N) is 1. The van der Waals surface area contributed by atoms with E-state index in [0.717, 1.165) is 18.7 Å². The molecule has 2 heterocycles. The molecule has 1 fully saturated rings. The lowest BCUT2D eigenvalue weighted by atomic mass is 10.00. The van der Waals surface area contributed by atoms with E-state index in [1.165, 1.54) is 12.1 Å². The lowest BCUT2D eigenvalue weighted by molar-refractivity contribution is 0.0692. The average molecular weight is 264 g/mol. The van der Waals surface area contributed by atoms with Crippen molar-refractivity contribution in [3.8, 4) is 0 Å². The molecule has 1 aliphatic rings. The second kappa shape index (κ2) is 4.62. The molecular weight excluding hydrogens is 251 g/mol. The molecule has 2 aromatic rings. The summed E-state index contributed by atoms with van der Waals surface area (Å²) >= 11 is 0. The maximum Gasteiger partial charge on any atom is 0.338 e. The number of halogens is 1.